The van der Waals surface area contributed by atoms with Crippen molar-refractivity contribution in [2.75, 3.05) is 7.05 Å². The van der Waals surface area contributed by atoms with Crippen molar-refractivity contribution in [1.82, 2.24) is 4.98 Å². The van der Waals surface area contributed by atoms with Gasteiger partial charge in [-0.3, -0.25) is 9.59 Å². The first-order valence-electron chi connectivity index (χ1n) is 10.5. The number of pyridine rings is 1. The summed E-state index contributed by atoms with van der Waals surface area (Å²) in [7, 11) is 1.89. The van der Waals surface area contributed by atoms with E-state index in [0.29, 0.717) is 30.1 Å². The standard InChI is InChI=1S/C24H27ClN2O4/c1-15(12-22(30)31)11-21(29)23-18-13-17(25)14-26-24(18)27(2)19(23)9-6-10-20(28)16-7-4-3-5-8-16/h3-5,7-8,13-15,20,23,28H,6,9-12H2,1-2H3/p+1/t15-,20?,23?/m0/s1. The van der Waals surface area contributed by atoms with E-state index in [0.717, 1.165) is 16.8 Å². The third kappa shape index (κ3) is 5.57. The number of fused-ring (bicyclic) bond motifs is 1. The Bertz CT molecular complexity index is 990. The molecule has 7 heteroatoms. The molecule has 3 rings (SSSR count). The van der Waals surface area contributed by atoms with E-state index in [4.69, 9.17) is 16.7 Å². The molecule has 2 N–H and O–H groups in total. The minimum absolute atomic E-state index is 0.0259. The minimum atomic E-state index is -0.909. The largest absolute Gasteiger partial charge is 0.481 e. The number of halogens is 1. The second-order valence-electron chi connectivity index (χ2n) is 8.24. The number of benzene rings is 1. The van der Waals surface area contributed by atoms with Gasteiger partial charge in [0.25, 0.3) is 0 Å². The van der Waals surface area contributed by atoms with Crippen LogP contribution in [0.4, 0.5) is 5.82 Å². The highest BCUT2D eigenvalue weighted by atomic mass is 35.5. The number of aliphatic hydroxyl groups is 1. The number of ketones is 1. The summed E-state index contributed by atoms with van der Waals surface area (Å²) < 4.78 is 1.94. The van der Waals surface area contributed by atoms with E-state index in [1.54, 1.807) is 19.2 Å². The monoisotopic (exact) mass is 443 g/mol. The van der Waals surface area contributed by atoms with Crippen LogP contribution in [-0.2, 0) is 9.59 Å². The summed E-state index contributed by atoms with van der Waals surface area (Å²) in [5.41, 5.74) is 2.55. The third-order valence-electron chi connectivity index (χ3n) is 5.74. The van der Waals surface area contributed by atoms with Gasteiger partial charge in [-0.25, -0.2) is 4.58 Å². The smallest absolute Gasteiger partial charge is 0.327 e. The summed E-state index contributed by atoms with van der Waals surface area (Å²) >= 11 is 6.16. The number of carboxylic acid groups (broad SMARTS) is 1. The molecule has 0 radical (unpaired) electrons. The van der Waals surface area contributed by atoms with Gasteiger partial charge >= 0.3 is 11.8 Å². The summed E-state index contributed by atoms with van der Waals surface area (Å²) in [5, 5.41) is 20.0. The van der Waals surface area contributed by atoms with E-state index in [1.807, 2.05) is 42.0 Å². The average molecular weight is 444 g/mol. The molecule has 2 unspecified atom stereocenters. The Morgan fingerprint density at radius 2 is 1.94 bits per heavy atom. The fourth-order valence-corrected chi connectivity index (χ4v) is 4.44. The lowest BCUT2D eigenvalue weighted by Crippen LogP contribution is -2.24. The van der Waals surface area contributed by atoms with Crippen molar-refractivity contribution < 1.29 is 24.4 Å². The topological polar surface area (TPSA) is 90.5 Å². The lowest BCUT2D eigenvalue weighted by atomic mass is 9.85. The van der Waals surface area contributed by atoms with Gasteiger partial charge in [0.1, 0.15) is 11.7 Å². The molecule has 0 aliphatic carbocycles. The molecular weight excluding hydrogens is 416 g/mol. The predicted octanol–water partition coefficient (Wildman–Crippen LogP) is 4.52. The van der Waals surface area contributed by atoms with Crippen molar-refractivity contribution in [3.63, 3.8) is 0 Å². The molecule has 1 aliphatic heterocycles. The second-order valence-corrected chi connectivity index (χ2v) is 8.68. The van der Waals surface area contributed by atoms with Crippen LogP contribution < -0.4 is 0 Å². The fraction of sp³-hybridized carbons (Fsp3) is 0.417. The van der Waals surface area contributed by atoms with Crippen molar-refractivity contribution in [2.24, 2.45) is 5.92 Å². The SMILES string of the molecule is C[C@H](CC(=O)O)CC(=O)C1C(CCCC(O)c2ccccc2)=[N+](C)c2ncc(Cl)cc21. The molecule has 0 saturated carbocycles. The van der Waals surface area contributed by atoms with E-state index in [9.17, 15) is 14.7 Å². The quantitative estimate of drug-likeness (QED) is 0.527. The highest BCUT2D eigenvalue weighted by Gasteiger charge is 2.41. The first-order valence-corrected chi connectivity index (χ1v) is 10.9. The van der Waals surface area contributed by atoms with Gasteiger partial charge in [-0.2, -0.15) is 0 Å². The van der Waals surface area contributed by atoms with Crippen LogP contribution in [0.15, 0.2) is 42.6 Å². The maximum absolute atomic E-state index is 13.2. The number of hydrogen-bond acceptors (Lipinski definition) is 4. The van der Waals surface area contributed by atoms with Crippen molar-refractivity contribution in [3.8, 4) is 0 Å². The Morgan fingerprint density at radius 1 is 1.23 bits per heavy atom. The van der Waals surface area contributed by atoms with Crippen molar-refractivity contribution in [1.29, 1.82) is 0 Å². The maximum atomic E-state index is 13.2. The lowest BCUT2D eigenvalue weighted by Gasteiger charge is -2.16. The first kappa shape index (κ1) is 23.1. The first-order chi connectivity index (χ1) is 14.8. The molecule has 1 aliphatic rings. The molecule has 0 saturated heterocycles. The molecule has 2 heterocycles. The number of nitrogens with zero attached hydrogens (tertiary/aromatic N) is 2. The maximum Gasteiger partial charge on any atom is 0.327 e. The average Bonchev–Trinajstić information content (AvgIpc) is 2.99. The Balaban J connectivity index is 1.77. The Kier molecular flexibility index (Phi) is 7.57. The van der Waals surface area contributed by atoms with Crippen LogP contribution in [0.3, 0.4) is 0 Å². The molecule has 31 heavy (non-hydrogen) atoms. The number of Topliss-reactive ketones (excluding diaryl/α,β-unsaturated/α-hetero) is 1. The van der Waals surface area contributed by atoms with Crippen molar-refractivity contribution >= 4 is 34.9 Å². The molecule has 0 bridgehead atoms. The summed E-state index contributed by atoms with van der Waals surface area (Å²) in [6, 6.07) is 11.3. The molecule has 2 aromatic rings. The van der Waals surface area contributed by atoms with Gasteiger partial charge in [-0.1, -0.05) is 48.9 Å². The summed E-state index contributed by atoms with van der Waals surface area (Å²) in [6.45, 7) is 1.78. The van der Waals surface area contributed by atoms with Gasteiger partial charge in [0, 0.05) is 19.3 Å². The minimum Gasteiger partial charge on any atom is -0.481 e. The number of rotatable bonds is 10. The van der Waals surface area contributed by atoms with E-state index in [1.165, 1.54) is 0 Å². The van der Waals surface area contributed by atoms with Gasteiger partial charge in [0.15, 0.2) is 6.20 Å². The van der Waals surface area contributed by atoms with Gasteiger partial charge in [-0.15, -0.1) is 0 Å². The molecule has 0 fully saturated rings. The molecule has 164 valence electrons. The summed E-state index contributed by atoms with van der Waals surface area (Å²) in [6.07, 6.45) is 3.02. The highest BCUT2D eigenvalue weighted by molar-refractivity contribution is 6.30. The van der Waals surface area contributed by atoms with Crippen LogP contribution in [0.2, 0.25) is 5.02 Å². The predicted molar refractivity (Wildman–Crippen MR) is 119 cm³/mol. The van der Waals surface area contributed by atoms with Crippen molar-refractivity contribution in [2.45, 2.75) is 51.0 Å². The highest BCUT2D eigenvalue weighted by Crippen LogP contribution is 2.38. The number of carbonyl (C=O) groups excluding carboxylic acids is 1. The van der Waals surface area contributed by atoms with Gasteiger partial charge in [-0.05, 0) is 35.4 Å². The van der Waals surface area contributed by atoms with E-state index in [2.05, 4.69) is 4.98 Å². The molecule has 3 atom stereocenters. The van der Waals surface area contributed by atoms with Crippen LogP contribution in [-0.4, -0.2) is 44.3 Å². The number of hydrogen-bond donors (Lipinski definition) is 2. The van der Waals surface area contributed by atoms with Crippen molar-refractivity contribution in [3.05, 3.63) is 58.7 Å². The van der Waals surface area contributed by atoms with Crippen LogP contribution in [0.5, 0.6) is 0 Å². The number of aromatic nitrogens is 1. The van der Waals surface area contributed by atoms with Gasteiger partial charge in [0.05, 0.1) is 29.4 Å². The zero-order valence-corrected chi connectivity index (χ0v) is 18.5. The Labute approximate surface area is 187 Å². The molecule has 1 aromatic heterocycles. The number of aliphatic carboxylic acids is 1. The zero-order chi connectivity index (χ0) is 22.5. The fourth-order valence-electron chi connectivity index (χ4n) is 4.27. The molecule has 0 spiro atoms. The van der Waals surface area contributed by atoms with E-state index < -0.39 is 18.0 Å². The second kappa shape index (κ2) is 10.2. The zero-order valence-electron chi connectivity index (χ0n) is 17.8. The Morgan fingerprint density at radius 3 is 2.61 bits per heavy atom. The lowest BCUT2D eigenvalue weighted by molar-refractivity contribution is -0.407. The Hall–Kier alpha value is -2.57. The number of carboxylic acids is 1. The van der Waals surface area contributed by atoms with Crippen LogP contribution in [0, 0.1) is 5.92 Å². The van der Waals surface area contributed by atoms with Crippen LogP contribution >= 0.6 is 11.6 Å². The summed E-state index contributed by atoms with van der Waals surface area (Å²) in [4.78, 5) is 28.7. The van der Waals surface area contributed by atoms with Crippen LogP contribution in [0.1, 0.15) is 62.2 Å². The molecule has 1 aromatic carbocycles. The molecular formula is C24H28ClN2O4+. The number of aliphatic hydroxyl groups excluding tert-OH is 1. The summed E-state index contributed by atoms with van der Waals surface area (Å²) in [5.74, 6) is -0.980. The third-order valence-corrected chi connectivity index (χ3v) is 5.95. The van der Waals surface area contributed by atoms with Gasteiger partial charge < -0.3 is 10.2 Å². The normalized spacial score (nSPS) is 17.4. The molecule has 0 amide bonds. The van der Waals surface area contributed by atoms with E-state index >= 15 is 0 Å². The number of carbonyl (C=O) groups is 2. The van der Waals surface area contributed by atoms with E-state index in [-0.39, 0.29) is 24.5 Å². The molecule has 6 nitrogen and oxygen atoms in total. The van der Waals surface area contributed by atoms with Gasteiger partial charge in [0.2, 0.25) is 0 Å². The van der Waals surface area contributed by atoms with Crippen LogP contribution in [0.25, 0.3) is 0 Å².